The Hall–Kier alpha value is -5.24. The molecule has 6 rings (SSSR count). The van der Waals surface area contributed by atoms with Crippen molar-refractivity contribution < 1.29 is 32.0 Å². The highest BCUT2D eigenvalue weighted by atomic mass is 19.2. The maximum absolute atomic E-state index is 15.8. The molecule has 0 heterocycles. The molecule has 0 N–H and O–H groups in total. The van der Waals surface area contributed by atoms with Crippen molar-refractivity contribution in [3.8, 4) is 0 Å². The zero-order valence-corrected chi connectivity index (χ0v) is 25.0. The van der Waals surface area contributed by atoms with Crippen molar-refractivity contribution in [3.63, 3.8) is 0 Å². The summed E-state index contributed by atoms with van der Waals surface area (Å²) in [4.78, 5) is 14.2. The molecule has 8 heteroatoms. The van der Waals surface area contributed by atoms with E-state index < -0.39 is 45.8 Å². The predicted molar refractivity (Wildman–Crippen MR) is 165 cm³/mol. The van der Waals surface area contributed by atoms with Crippen molar-refractivity contribution in [3.05, 3.63) is 154 Å². The molecule has 0 aliphatic heterocycles. The minimum atomic E-state index is -2.22. The number of carboxylic acid groups (broad SMARTS) is 1. The third-order valence-corrected chi connectivity index (χ3v) is 8.67. The summed E-state index contributed by atoms with van der Waals surface area (Å²) in [5.74, 6) is -10.3. The summed E-state index contributed by atoms with van der Waals surface area (Å²) in [6.45, 7) is 3.95. The van der Waals surface area contributed by atoms with Crippen LogP contribution in [0.2, 0.25) is 0 Å². The van der Waals surface area contributed by atoms with E-state index in [0.717, 1.165) is 22.8 Å². The van der Waals surface area contributed by atoms with E-state index in [9.17, 15) is 18.7 Å². The molecule has 4 aromatic rings. The molecule has 0 spiro atoms. The van der Waals surface area contributed by atoms with Crippen molar-refractivity contribution in [1.29, 1.82) is 0 Å². The number of carbonyl (C=O) groups is 1. The topological polar surface area (TPSA) is 46.4 Å². The van der Waals surface area contributed by atoms with Gasteiger partial charge in [0.25, 0.3) is 0 Å². The van der Waals surface area contributed by atoms with Gasteiger partial charge in [-0.25, -0.2) is 17.6 Å². The molecular weight excluding hydrogens is 580 g/mol. The average Bonchev–Trinajstić information content (AvgIpc) is 3.05. The number of allylic oxidation sites excluding steroid dienone is 5. The Labute approximate surface area is 258 Å². The fourth-order valence-electron chi connectivity index (χ4n) is 6.17. The van der Waals surface area contributed by atoms with Crippen LogP contribution in [-0.2, 0) is 5.41 Å². The van der Waals surface area contributed by atoms with Gasteiger partial charge in [0.1, 0.15) is 7.05 Å². The third kappa shape index (κ3) is 4.77. The van der Waals surface area contributed by atoms with E-state index in [1.165, 1.54) is 0 Å². The summed E-state index contributed by atoms with van der Waals surface area (Å²) in [6.07, 6.45) is 5.33. The number of benzene rings is 4. The van der Waals surface area contributed by atoms with Crippen molar-refractivity contribution in [2.24, 2.45) is 0 Å². The number of anilines is 2. The maximum atomic E-state index is 15.8. The number of carboxylic acids is 1. The third-order valence-electron chi connectivity index (χ3n) is 8.67. The molecule has 226 valence electrons. The van der Waals surface area contributed by atoms with Crippen LogP contribution in [-0.4, -0.2) is 30.4 Å². The van der Waals surface area contributed by atoms with E-state index in [1.807, 2.05) is 110 Å². The molecule has 0 atom stereocenters. The predicted octanol–water partition coefficient (Wildman–Crippen LogP) is 7.38. The van der Waals surface area contributed by atoms with Crippen LogP contribution < -0.4 is 10.0 Å². The fraction of sp³-hybridized carbons (Fsp3) is 0.135. The summed E-state index contributed by atoms with van der Waals surface area (Å²) in [6, 6.07) is 24.5. The molecule has 2 aliphatic carbocycles. The van der Waals surface area contributed by atoms with Gasteiger partial charge in [-0.15, -0.1) is 0 Å². The largest absolute Gasteiger partial charge is 0.545 e. The van der Waals surface area contributed by atoms with Gasteiger partial charge in [-0.1, -0.05) is 56.3 Å². The quantitative estimate of drug-likeness (QED) is 0.103. The first-order valence-electron chi connectivity index (χ1n) is 14.3. The van der Waals surface area contributed by atoms with Gasteiger partial charge >= 0.3 is 0 Å². The van der Waals surface area contributed by atoms with Crippen LogP contribution >= 0.6 is 0 Å². The number of fused-ring (bicyclic) bond motifs is 2. The molecular formula is C37H28F4N2O2. The minimum absolute atomic E-state index is 0.0725. The Morgan fingerprint density at radius 1 is 0.800 bits per heavy atom. The second-order valence-electron chi connectivity index (χ2n) is 11.5. The van der Waals surface area contributed by atoms with Crippen LogP contribution in [0.3, 0.4) is 0 Å². The van der Waals surface area contributed by atoms with E-state index in [0.29, 0.717) is 22.3 Å². The number of hydrogen-bond donors (Lipinski definition) is 0. The van der Waals surface area contributed by atoms with E-state index in [4.69, 9.17) is 0 Å². The number of nitrogens with zero attached hydrogens (tertiary/aromatic N) is 2. The van der Waals surface area contributed by atoms with E-state index in [2.05, 4.69) is 0 Å². The summed E-state index contributed by atoms with van der Waals surface area (Å²) in [5.41, 5.74) is 2.23. The summed E-state index contributed by atoms with van der Waals surface area (Å²) in [7, 11) is 3.77. The smallest absolute Gasteiger partial charge is 0.205 e. The number of rotatable bonds is 5. The van der Waals surface area contributed by atoms with Gasteiger partial charge in [-0.05, 0) is 52.6 Å². The first-order chi connectivity index (χ1) is 21.4. The van der Waals surface area contributed by atoms with Gasteiger partial charge in [0.15, 0.2) is 23.3 Å². The van der Waals surface area contributed by atoms with E-state index in [1.54, 1.807) is 24.3 Å². The molecule has 0 radical (unpaired) electrons. The van der Waals surface area contributed by atoms with Gasteiger partial charge < -0.3 is 14.8 Å². The molecule has 0 amide bonds. The fourth-order valence-corrected chi connectivity index (χ4v) is 6.17. The first-order valence-corrected chi connectivity index (χ1v) is 14.3. The lowest BCUT2D eigenvalue weighted by molar-refractivity contribution is -0.403. The highest BCUT2D eigenvalue weighted by molar-refractivity contribution is 6.08. The van der Waals surface area contributed by atoms with E-state index >= 15 is 8.78 Å². The van der Waals surface area contributed by atoms with Gasteiger partial charge in [0, 0.05) is 64.8 Å². The molecule has 0 aromatic heterocycles. The first kappa shape index (κ1) is 29.8. The van der Waals surface area contributed by atoms with Crippen LogP contribution in [0.1, 0.15) is 40.9 Å². The number of hydrogen-bond acceptors (Lipinski definition) is 3. The monoisotopic (exact) mass is 608 g/mol. The summed E-state index contributed by atoms with van der Waals surface area (Å²) >= 11 is 0. The molecule has 2 aliphatic rings. The Balaban J connectivity index is 1.69. The van der Waals surface area contributed by atoms with Crippen molar-refractivity contribution in [1.82, 2.24) is 0 Å². The molecule has 0 fully saturated rings. The second kappa shape index (κ2) is 11.0. The molecule has 4 nitrogen and oxygen atoms in total. The Bertz CT molecular complexity index is 2010. The van der Waals surface area contributed by atoms with Crippen LogP contribution in [0, 0.1) is 23.3 Å². The zero-order chi connectivity index (χ0) is 32.2. The SMILES string of the molecule is CN(c1ccccc1)c1ccc2c(c1)C(C)(C)C1=CC(=[N+](C)c3ccccc3)C=CC1=C2c1c(F)c(F)c(F)c(F)c1C(=O)[O-]. The Kier molecular flexibility index (Phi) is 7.31. The van der Waals surface area contributed by atoms with Crippen LogP contribution in [0.4, 0.5) is 34.6 Å². The van der Waals surface area contributed by atoms with Crippen molar-refractivity contribution in [2.45, 2.75) is 19.3 Å². The average molecular weight is 609 g/mol. The van der Waals surface area contributed by atoms with Crippen molar-refractivity contribution in [2.75, 3.05) is 19.0 Å². The molecule has 0 saturated carbocycles. The Morgan fingerprint density at radius 3 is 2.07 bits per heavy atom. The lowest BCUT2D eigenvalue weighted by Crippen LogP contribution is -2.32. The summed E-state index contributed by atoms with van der Waals surface area (Å²) in [5, 5.41) is 12.2. The number of carbonyl (C=O) groups excluding carboxylic acids is 1. The zero-order valence-electron chi connectivity index (χ0n) is 25.0. The second-order valence-corrected chi connectivity index (χ2v) is 11.5. The van der Waals surface area contributed by atoms with Gasteiger partial charge in [0.05, 0.1) is 5.97 Å². The van der Waals surface area contributed by atoms with Crippen LogP contribution in [0.15, 0.2) is 108 Å². The standard InChI is InChI=1S/C37H28F4N2O2/c1-37(2)27-19-23(42(3)21-11-7-5-8-12-21)15-17-25(27)29(30-31(36(44)45)33(39)35(41)34(40)32(30)38)26-18-16-24(20-28(26)37)43(4)22-13-9-6-10-14-22/h5-20H,1-4H3. The minimum Gasteiger partial charge on any atom is -0.545 e. The van der Waals surface area contributed by atoms with Gasteiger partial charge in [-0.3, -0.25) is 0 Å². The molecule has 45 heavy (non-hydrogen) atoms. The van der Waals surface area contributed by atoms with Crippen LogP contribution in [0.5, 0.6) is 0 Å². The number of para-hydroxylation sites is 2. The molecule has 0 unspecified atom stereocenters. The lowest BCUT2D eigenvalue weighted by Gasteiger charge is -2.40. The number of aromatic carboxylic acids is 1. The number of halogens is 4. The lowest BCUT2D eigenvalue weighted by atomic mass is 9.64. The van der Waals surface area contributed by atoms with Gasteiger partial charge in [0.2, 0.25) is 11.4 Å². The summed E-state index contributed by atoms with van der Waals surface area (Å²) < 4.78 is 62.0. The molecule has 4 aromatic carbocycles. The molecule has 0 bridgehead atoms. The van der Waals surface area contributed by atoms with Gasteiger partial charge in [-0.2, -0.15) is 4.58 Å². The van der Waals surface area contributed by atoms with E-state index in [-0.39, 0.29) is 5.57 Å². The normalized spacial score (nSPS) is 16.1. The van der Waals surface area contributed by atoms with Crippen molar-refractivity contribution >= 4 is 34.3 Å². The highest BCUT2D eigenvalue weighted by Crippen LogP contribution is 2.52. The highest BCUT2D eigenvalue weighted by Gasteiger charge is 2.41. The van der Waals surface area contributed by atoms with Crippen LogP contribution in [0.25, 0.3) is 5.57 Å². The molecule has 0 saturated heterocycles. The maximum Gasteiger partial charge on any atom is 0.205 e. The Morgan fingerprint density at radius 2 is 1.42 bits per heavy atom.